The van der Waals surface area contributed by atoms with Crippen LogP contribution in [0.25, 0.3) is 5.70 Å². The predicted molar refractivity (Wildman–Crippen MR) is 74.0 cm³/mol. The van der Waals surface area contributed by atoms with Crippen LogP contribution in [0.3, 0.4) is 0 Å². The van der Waals surface area contributed by atoms with Crippen LogP contribution in [0, 0.1) is 5.92 Å². The Labute approximate surface area is 111 Å². The summed E-state index contributed by atoms with van der Waals surface area (Å²) in [5.41, 5.74) is 8.89. The minimum atomic E-state index is -0.182. The van der Waals surface area contributed by atoms with Crippen molar-refractivity contribution < 1.29 is 5.11 Å². The Morgan fingerprint density at radius 1 is 1.37 bits per heavy atom. The summed E-state index contributed by atoms with van der Waals surface area (Å²) < 4.78 is 0. The van der Waals surface area contributed by atoms with Gasteiger partial charge in [-0.1, -0.05) is 0 Å². The van der Waals surface area contributed by atoms with Gasteiger partial charge in [-0.3, -0.25) is 5.01 Å². The molecule has 6 heteroatoms. The molecule has 0 amide bonds. The molecule has 2 aliphatic rings. The van der Waals surface area contributed by atoms with Crippen LogP contribution in [-0.2, 0) is 0 Å². The van der Waals surface area contributed by atoms with E-state index in [9.17, 15) is 5.11 Å². The molecule has 1 saturated carbocycles. The number of rotatable bonds is 1. The van der Waals surface area contributed by atoms with Crippen molar-refractivity contribution in [3.63, 3.8) is 0 Å². The molecule has 1 aliphatic carbocycles. The zero-order chi connectivity index (χ0) is 13.4. The number of aromatic amines is 1. The van der Waals surface area contributed by atoms with Gasteiger partial charge in [0.2, 0.25) is 0 Å². The van der Waals surface area contributed by atoms with Crippen LogP contribution in [0.2, 0.25) is 0 Å². The van der Waals surface area contributed by atoms with Gasteiger partial charge < -0.3 is 15.8 Å². The number of hydrogen-bond donors (Lipinski definition) is 4. The van der Waals surface area contributed by atoms with Crippen molar-refractivity contribution in [3.05, 3.63) is 23.5 Å². The van der Waals surface area contributed by atoms with Crippen molar-refractivity contribution in [1.82, 2.24) is 9.99 Å². The van der Waals surface area contributed by atoms with E-state index >= 15 is 0 Å². The molecule has 3 rings (SSSR count). The minimum absolute atomic E-state index is 0.182. The standard InChI is InChI=1S/C13H19N5O/c14-11(8-1-3-9(19)4-2-8)12-10-5-6-16-13(10)17-7-18(12)15/h5-9,16,19H,1-4,14-15H2/b12-11-. The monoisotopic (exact) mass is 261 g/mol. The third kappa shape index (κ3) is 2.13. The van der Waals surface area contributed by atoms with Gasteiger partial charge in [-0.05, 0) is 31.7 Å². The molecule has 0 saturated heterocycles. The predicted octanol–water partition coefficient (Wildman–Crippen LogP) is 1.04. The van der Waals surface area contributed by atoms with E-state index in [4.69, 9.17) is 11.6 Å². The number of hydrogen-bond acceptors (Lipinski definition) is 5. The number of nitrogens with two attached hydrogens (primary N) is 2. The Morgan fingerprint density at radius 3 is 2.84 bits per heavy atom. The third-order valence-electron chi connectivity index (χ3n) is 3.96. The summed E-state index contributed by atoms with van der Waals surface area (Å²) in [7, 11) is 0. The van der Waals surface area contributed by atoms with E-state index in [-0.39, 0.29) is 12.0 Å². The largest absolute Gasteiger partial charge is 0.400 e. The molecule has 2 heterocycles. The molecule has 6 N–H and O–H groups in total. The number of allylic oxidation sites excluding steroid dienone is 1. The molecular formula is C13H19N5O. The molecule has 1 aromatic rings. The summed E-state index contributed by atoms with van der Waals surface area (Å²) in [5, 5.41) is 11.1. The first-order valence-electron chi connectivity index (χ1n) is 6.60. The number of hydrazine groups is 1. The molecule has 6 nitrogen and oxygen atoms in total. The fourth-order valence-corrected chi connectivity index (χ4v) is 2.86. The van der Waals surface area contributed by atoms with Gasteiger partial charge in [-0.15, -0.1) is 0 Å². The molecule has 0 spiro atoms. The van der Waals surface area contributed by atoms with Crippen molar-refractivity contribution in [2.75, 3.05) is 0 Å². The highest BCUT2D eigenvalue weighted by atomic mass is 16.3. The lowest BCUT2D eigenvalue weighted by Gasteiger charge is -2.30. The summed E-state index contributed by atoms with van der Waals surface area (Å²) in [4.78, 5) is 7.28. The quantitative estimate of drug-likeness (QED) is 0.567. The number of aliphatic hydroxyl groups excluding tert-OH is 1. The van der Waals surface area contributed by atoms with Crippen LogP contribution in [0.15, 0.2) is 23.0 Å². The molecular weight excluding hydrogens is 242 g/mol. The second-order valence-corrected chi connectivity index (χ2v) is 5.20. The van der Waals surface area contributed by atoms with Crippen molar-refractivity contribution in [2.24, 2.45) is 22.5 Å². The van der Waals surface area contributed by atoms with E-state index in [0.717, 1.165) is 48.5 Å². The highest BCUT2D eigenvalue weighted by Gasteiger charge is 2.27. The van der Waals surface area contributed by atoms with Gasteiger partial charge in [0.1, 0.15) is 12.2 Å². The average Bonchev–Trinajstić information content (AvgIpc) is 2.87. The lowest BCUT2D eigenvalue weighted by atomic mass is 9.84. The second kappa shape index (κ2) is 4.71. The third-order valence-corrected chi connectivity index (χ3v) is 3.96. The van der Waals surface area contributed by atoms with Crippen LogP contribution in [0.1, 0.15) is 31.2 Å². The summed E-state index contributed by atoms with van der Waals surface area (Å²) in [6, 6.07) is 1.94. The molecule has 0 atom stereocenters. The number of aromatic nitrogens is 1. The van der Waals surface area contributed by atoms with Gasteiger partial charge in [0.15, 0.2) is 0 Å². The fraction of sp³-hybridized carbons (Fsp3) is 0.462. The van der Waals surface area contributed by atoms with E-state index < -0.39 is 0 Å². The van der Waals surface area contributed by atoms with Gasteiger partial charge in [0.25, 0.3) is 0 Å². The maximum Gasteiger partial charge on any atom is 0.141 e. The SMILES string of the molecule is N/C(=C1/c2cc[nH]c2N=CN1N)C1CCC(O)CC1. The Kier molecular flexibility index (Phi) is 3.04. The van der Waals surface area contributed by atoms with E-state index in [0.29, 0.717) is 0 Å². The molecule has 0 radical (unpaired) electrons. The van der Waals surface area contributed by atoms with Gasteiger partial charge in [0.05, 0.1) is 11.8 Å². The summed E-state index contributed by atoms with van der Waals surface area (Å²) in [5.74, 6) is 7.03. The van der Waals surface area contributed by atoms with E-state index in [2.05, 4.69) is 9.98 Å². The Balaban J connectivity index is 1.95. The van der Waals surface area contributed by atoms with Crippen molar-refractivity contribution in [1.29, 1.82) is 0 Å². The highest BCUT2D eigenvalue weighted by Crippen LogP contribution is 2.36. The summed E-state index contributed by atoms with van der Waals surface area (Å²) >= 11 is 0. The lowest BCUT2D eigenvalue weighted by Crippen LogP contribution is -2.34. The first-order chi connectivity index (χ1) is 9.16. The molecule has 102 valence electrons. The smallest absolute Gasteiger partial charge is 0.141 e. The van der Waals surface area contributed by atoms with E-state index in [1.807, 2.05) is 12.3 Å². The molecule has 1 fully saturated rings. The molecule has 19 heavy (non-hydrogen) atoms. The number of fused-ring (bicyclic) bond motifs is 1. The number of H-pyrrole nitrogens is 1. The van der Waals surface area contributed by atoms with Crippen LogP contribution in [0.5, 0.6) is 0 Å². The van der Waals surface area contributed by atoms with Crippen molar-refractivity contribution >= 4 is 17.9 Å². The molecule has 0 bridgehead atoms. The van der Waals surface area contributed by atoms with Crippen molar-refractivity contribution in [2.45, 2.75) is 31.8 Å². The van der Waals surface area contributed by atoms with E-state index in [1.165, 1.54) is 5.01 Å². The summed E-state index contributed by atoms with van der Waals surface area (Å²) in [6.45, 7) is 0. The van der Waals surface area contributed by atoms with Gasteiger partial charge in [-0.2, -0.15) is 0 Å². The molecule has 0 unspecified atom stereocenters. The van der Waals surface area contributed by atoms with Crippen LogP contribution in [0.4, 0.5) is 5.82 Å². The first kappa shape index (κ1) is 12.3. The normalized spacial score (nSPS) is 29.3. The Morgan fingerprint density at radius 2 is 2.11 bits per heavy atom. The number of aliphatic hydroxyl groups is 1. The number of nitrogens with one attached hydrogen (secondary N) is 1. The number of aliphatic imine (C=N–C) groups is 1. The molecule has 1 aliphatic heterocycles. The Hall–Kier alpha value is -1.79. The van der Waals surface area contributed by atoms with Crippen molar-refractivity contribution in [3.8, 4) is 0 Å². The average molecular weight is 261 g/mol. The van der Waals surface area contributed by atoms with Crippen LogP contribution >= 0.6 is 0 Å². The van der Waals surface area contributed by atoms with Crippen LogP contribution < -0.4 is 11.6 Å². The van der Waals surface area contributed by atoms with Gasteiger partial charge in [0, 0.05) is 23.4 Å². The zero-order valence-electron chi connectivity index (χ0n) is 10.7. The second-order valence-electron chi connectivity index (χ2n) is 5.20. The maximum absolute atomic E-state index is 9.58. The first-order valence-corrected chi connectivity index (χ1v) is 6.60. The Bertz CT molecular complexity index is 525. The minimum Gasteiger partial charge on any atom is -0.400 e. The van der Waals surface area contributed by atoms with Gasteiger partial charge in [-0.25, -0.2) is 10.8 Å². The molecule has 1 aromatic heterocycles. The van der Waals surface area contributed by atoms with Gasteiger partial charge >= 0.3 is 0 Å². The number of nitrogens with zero attached hydrogens (tertiary/aromatic N) is 2. The maximum atomic E-state index is 9.58. The van der Waals surface area contributed by atoms with E-state index in [1.54, 1.807) is 6.34 Å². The highest BCUT2D eigenvalue weighted by molar-refractivity contribution is 5.86. The fourth-order valence-electron chi connectivity index (χ4n) is 2.86. The lowest BCUT2D eigenvalue weighted by molar-refractivity contribution is 0.115. The zero-order valence-corrected chi connectivity index (χ0v) is 10.7. The van der Waals surface area contributed by atoms with Crippen LogP contribution in [-0.4, -0.2) is 27.5 Å². The topological polar surface area (TPSA) is 104 Å². The summed E-state index contributed by atoms with van der Waals surface area (Å²) in [6.07, 6.45) is 6.63. The molecule has 0 aromatic carbocycles.